The molecule has 1 atom stereocenters. The summed E-state index contributed by atoms with van der Waals surface area (Å²) in [4.78, 5) is 23.9. The van der Waals surface area contributed by atoms with Gasteiger partial charge in [0, 0.05) is 5.69 Å². The number of hydrogen-bond donors (Lipinski definition) is 2. The SMILES string of the molecule is [B]Cc1cc(C(=O)OC(CS(=O)(=O)O)C(F)(F)F)ccc1NC(=O)OC(C)(C)C. The number of amides is 1. The first-order valence-corrected chi connectivity index (χ1v) is 9.68. The first-order valence-electron chi connectivity index (χ1n) is 8.07. The number of carbonyl (C=O) groups excluding carboxylic acids is 2. The molecule has 0 aromatic heterocycles. The Labute approximate surface area is 166 Å². The highest BCUT2D eigenvalue weighted by Gasteiger charge is 2.45. The Bertz CT molecular complexity index is 866. The third-order valence-corrected chi connectivity index (χ3v) is 3.90. The van der Waals surface area contributed by atoms with Crippen molar-refractivity contribution in [2.24, 2.45) is 0 Å². The largest absolute Gasteiger partial charge is 0.448 e. The van der Waals surface area contributed by atoms with Crippen molar-refractivity contribution in [2.45, 2.75) is 45.0 Å². The van der Waals surface area contributed by atoms with Crippen LogP contribution >= 0.6 is 0 Å². The van der Waals surface area contributed by atoms with Crippen LogP contribution in [0.5, 0.6) is 0 Å². The van der Waals surface area contributed by atoms with Gasteiger partial charge in [0.1, 0.15) is 11.4 Å². The van der Waals surface area contributed by atoms with Crippen molar-refractivity contribution in [1.29, 1.82) is 0 Å². The highest BCUT2D eigenvalue weighted by Crippen LogP contribution is 2.26. The van der Waals surface area contributed by atoms with E-state index in [0.717, 1.165) is 12.1 Å². The van der Waals surface area contributed by atoms with Crippen molar-refractivity contribution < 1.29 is 45.2 Å². The highest BCUT2D eigenvalue weighted by atomic mass is 32.2. The Morgan fingerprint density at radius 1 is 1.24 bits per heavy atom. The number of halogens is 3. The summed E-state index contributed by atoms with van der Waals surface area (Å²) in [6, 6.07) is 3.33. The second-order valence-corrected chi connectivity index (χ2v) is 8.38. The maximum Gasteiger partial charge on any atom is 0.426 e. The number of ether oxygens (including phenoxy) is 2. The third kappa shape index (κ3) is 8.73. The molecule has 0 aliphatic rings. The molecule has 0 heterocycles. The zero-order valence-corrected chi connectivity index (χ0v) is 16.6. The van der Waals surface area contributed by atoms with Crippen LogP contribution in [-0.2, 0) is 25.9 Å². The monoisotopic (exact) mass is 437 g/mol. The van der Waals surface area contributed by atoms with Crippen molar-refractivity contribution in [3.8, 4) is 0 Å². The number of anilines is 1. The van der Waals surface area contributed by atoms with Gasteiger partial charge in [-0.1, -0.05) is 6.32 Å². The van der Waals surface area contributed by atoms with Gasteiger partial charge >= 0.3 is 18.2 Å². The molecule has 2 N–H and O–H groups in total. The Hall–Kier alpha value is -2.28. The molecule has 0 spiro atoms. The van der Waals surface area contributed by atoms with Gasteiger partial charge in [0.15, 0.2) is 0 Å². The standard InChI is InChI=1S/C16H19BF3NO7S/c1-15(2,3)28-14(23)21-11-5-4-9(6-10(11)7-17)13(22)27-12(16(18,19)20)8-29(24,25)26/h4-6,12H,7-8H2,1-3H3,(H,21,23)(H,24,25,26). The van der Waals surface area contributed by atoms with Crippen LogP contribution in [0, 0.1) is 0 Å². The van der Waals surface area contributed by atoms with E-state index in [2.05, 4.69) is 10.1 Å². The molecule has 0 fully saturated rings. The molecule has 13 heteroatoms. The van der Waals surface area contributed by atoms with Gasteiger partial charge in [-0.2, -0.15) is 21.6 Å². The summed E-state index contributed by atoms with van der Waals surface area (Å²) in [7, 11) is 0.479. The normalized spacial score (nSPS) is 13.5. The predicted octanol–water partition coefficient (Wildman–Crippen LogP) is 2.68. The smallest absolute Gasteiger partial charge is 0.426 e. The van der Waals surface area contributed by atoms with Crippen LogP contribution in [0.4, 0.5) is 23.7 Å². The molecule has 1 unspecified atom stereocenters. The van der Waals surface area contributed by atoms with E-state index in [-0.39, 0.29) is 23.1 Å². The zero-order valence-electron chi connectivity index (χ0n) is 15.7. The van der Waals surface area contributed by atoms with Crippen molar-refractivity contribution in [2.75, 3.05) is 11.1 Å². The van der Waals surface area contributed by atoms with E-state index in [4.69, 9.17) is 17.1 Å². The summed E-state index contributed by atoms with van der Waals surface area (Å²) in [5, 5.41) is 2.39. The van der Waals surface area contributed by atoms with Crippen molar-refractivity contribution >= 4 is 35.7 Å². The van der Waals surface area contributed by atoms with E-state index in [1.165, 1.54) is 6.07 Å². The minimum atomic E-state index is -5.22. The molecule has 0 aliphatic heterocycles. The zero-order chi connectivity index (χ0) is 22.6. The average molecular weight is 437 g/mol. The molecule has 0 bridgehead atoms. The predicted molar refractivity (Wildman–Crippen MR) is 97.4 cm³/mol. The van der Waals surface area contributed by atoms with Crippen LogP contribution < -0.4 is 5.32 Å². The Morgan fingerprint density at radius 2 is 1.83 bits per heavy atom. The maximum atomic E-state index is 12.9. The molecule has 0 saturated heterocycles. The molecule has 0 saturated carbocycles. The molecule has 8 nitrogen and oxygen atoms in total. The third-order valence-electron chi connectivity index (χ3n) is 3.17. The minimum Gasteiger partial charge on any atom is -0.448 e. The Balaban J connectivity index is 3.04. The lowest BCUT2D eigenvalue weighted by atomic mass is 9.94. The lowest BCUT2D eigenvalue weighted by molar-refractivity contribution is -0.197. The van der Waals surface area contributed by atoms with Gasteiger partial charge < -0.3 is 9.47 Å². The van der Waals surface area contributed by atoms with Crippen LogP contribution in [0.3, 0.4) is 0 Å². The van der Waals surface area contributed by atoms with E-state index >= 15 is 0 Å². The summed E-state index contributed by atoms with van der Waals surface area (Å²) in [6.07, 6.45) is -9.29. The number of alkyl halides is 3. The summed E-state index contributed by atoms with van der Waals surface area (Å²) in [6.45, 7) is 4.91. The quantitative estimate of drug-likeness (QED) is 0.399. The molecule has 1 amide bonds. The molecule has 29 heavy (non-hydrogen) atoms. The van der Waals surface area contributed by atoms with E-state index in [9.17, 15) is 31.2 Å². The summed E-state index contributed by atoms with van der Waals surface area (Å²) in [5.41, 5.74) is -0.812. The van der Waals surface area contributed by atoms with Crippen LogP contribution in [-0.4, -0.2) is 56.5 Å². The summed E-state index contributed by atoms with van der Waals surface area (Å²) < 4.78 is 78.0. The lowest BCUT2D eigenvalue weighted by Crippen LogP contribution is -2.39. The van der Waals surface area contributed by atoms with Gasteiger partial charge in [0.25, 0.3) is 10.1 Å². The van der Waals surface area contributed by atoms with Gasteiger partial charge in [-0.25, -0.2) is 9.59 Å². The number of nitrogens with one attached hydrogen (secondary N) is 1. The molecular weight excluding hydrogens is 418 g/mol. The Morgan fingerprint density at radius 3 is 2.28 bits per heavy atom. The van der Waals surface area contributed by atoms with Gasteiger partial charge in [-0.05, 0) is 44.5 Å². The lowest BCUT2D eigenvalue weighted by Gasteiger charge is -2.21. The molecule has 1 rings (SSSR count). The first kappa shape index (κ1) is 24.8. The van der Waals surface area contributed by atoms with Gasteiger partial charge in [-0.3, -0.25) is 9.87 Å². The van der Waals surface area contributed by atoms with E-state index in [1.54, 1.807) is 20.8 Å². The van der Waals surface area contributed by atoms with Crippen molar-refractivity contribution in [3.05, 3.63) is 29.3 Å². The van der Waals surface area contributed by atoms with Gasteiger partial charge in [-0.15, -0.1) is 0 Å². The topological polar surface area (TPSA) is 119 Å². The van der Waals surface area contributed by atoms with Crippen molar-refractivity contribution in [3.63, 3.8) is 0 Å². The fourth-order valence-electron chi connectivity index (χ4n) is 2.01. The van der Waals surface area contributed by atoms with Crippen LogP contribution in [0.25, 0.3) is 0 Å². The number of hydrogen-bond acceptors (Lipinski definition) is 6. The van der Waals surface area contributed by atoms with E-state index < -0.39 is 45.8 Å². The van der Waals surface area contributed by atoms with Gasteiger partial charge in [0.2, 0.25) is 6.10 Å². The molecule has 1 aromatic rings. The molecule has 0 aliphatic carbocycles. The molecular formula is C16H19BF3NO7S. The summed E-state index contributed by atoms with van der Waals surface area (Å²) in [5.74, 6) is -3.33. The number of rotatable bonds is 6. The fraction of sp³-hybridized carbons (Fsp3) is 0.500. The first-order chi connectivity index (χ1) is 13.0. The Kier molecular flexibility index (Phi) is 7.71. The fourth-order valence-corrected chi connectivity index (χ4v) is 2.65. The van der Waals surface area contributed by atoms with Crippen molar-refractivity contribution in [1.82, 2.24) is 0 Å². The highest BCUT2D eigenvalue weighted by molar-refractivity contribution is 7.85. The van der Waals surface area contributed by atoms with E-state index in [0.29, 0.717) is 0 Å². The van der Waals surface area contributed by atoms with Gasteiger partial charge in [0.05, 0.1) is 13.4 Å². The second kappa shape index (κ2) is 9.03. The number of benzene rings is 1. The number of carbonyl (C=O) groups is 2. The minimum absolute atomic E-state index is 0.156. The van der Waals surface area contributed by atoms with Crippen LogP contribution in [0.2, 0.25) is 0 Å². The molecule has 2 radical (unpaired) electrons. The maximum absolute atomic E-state index is 12.9. The number of esters is 1. The van der Waals surface area contributed by atoms with Crippen LogP contribution in [0.1, 0.15) is 36.7 Å². The molecule has 160 valence electrons. The molecule has 1 aromatic carbocycles. The second-order valence-electron chi connectivity index (χ2n) is 6.89. The average Bonchev–Trinajstić information content (AvgIpc) is 2.50. The summed E-state index contributed by atoms with van der Waals surface area (Å²) >= 11 is 0. The van der Waals surface area contributed by atoms with E-state index in [1.807, 2.05) is 0 Å². The van der Waals surface area contributed by atoms with Crippen LogP contribution in [0.15, 0.2) is 18.2 Å².